The highest BCUT2D eigenvalue weighted by molar-refractivity contribution is 6.07. The molecule has 0 aliphatic carbocycles. The van der Waals surface area contributed by atoms with Crippen LogP contribution in [0.4, 0.5) is 0 Å². The van der Waals surface area contributed by atoms with Crippen LogP contribution in [0.1, 0.15) is 35.7 Å². The summed E-state index contributed by atoms with van der Waals surface area (Å²) in [7, 11) is 0. The molecule has 0 saturated carbocycles. The van der Waals surface area contributed by atoms with E-state index in [1.807, 2.05) is 19.9 Å². The third-order valence-corrected chi connectivity index (χ3v) is 2.66. The van der Waals surface area contributed by atoms with Crippen LogP contribution < -0.4 is 4.74 Å². The minimum atomic E-state index is -0.0993. The first-order valence-corrected chi connectivity index (χ1v) is 6.10. The molecule has 0 aliphatic heterocycles. The number of hydrogen-bond donors (Lipinski definition) is 0. The summed E-state index contributed by atoms with van der Waals surface area (Å²) in [6, 6.07) is 10.6. The lowest BCUT2D eigenvalue weighted by Crippen LogP contribution is -2.00. The van der Waals surface area contributed by atoms with Crippen molar-refractivity contribution in [2.45, 2.75) is 20.3 Å². The van der Waals surface area contributed by atoms with E-state index < -0.39 is 0 Å². The van der Waals surface area contributed by atoms with Crippen molar-refractivity contribution in [3.8, 4) is 5.75 Å². The summed E-state index contributed by atoms with van der Waals surface area (Å²) in [6.07, 6.45) is 0.788. The monoisotopic (exact) mass is 244 g/mol. The molecule has 0 N–H and O–H groups in total. The van der Waals surface area contributed by atoms with Crippen LogP contribution in [0.3, 0.4) is 0 Å². The molecule has 0 radical (unpaired) electrons. The van der Waals surface area contributed by atoms with Crippen molar-refractivity contribution < 1.29 is 13.9 Å². The van der Waals surface area contributed by atoms with Crippen LogP contribution in [0, 0.1) is 0 Å². The van der Waals surface area contributed by atoms with Crippen molar-refractivity contribution in [3.05, 3.63) is 53.5 Å². The van der Waals surface area contributed by atoms with Crippen molar-refractivity contribution >= 4 is 5.78 Å². The molecule has 2 aromatic rings. The van der Waals surface area contributed by atoms with Gasteiger partial charge in [-0.1, -0.05) is 6.92 Å². The van der Waals surface area contributed by atoms with Crippen molar-refractivity contribution in [3.63, 3.8) is 0 Å². The second-order valence-corrected chi connectivity index (χ2v) is 3.91. The Labute approximate surface area is 106 Å². The van der Waals surface area contributed by atoms with Crippen LogP contribution in [-0.2, 0) is 6.42 Å². The number of aryl methyl sites for hydroxylation is 1. The van der Waals surface area contributed by atoms with Gasteiger partial charge in [-0.25, -0.2) is 0 Å². The molecule has 3 nitrogen and oxygen atoms in total. The lowest BCUT2D eigenvalue weighted by Gasteiger charge is -2.03. The van der Waals surface area contributed by atoms with E-state index in [1.165, 1.54) is 0 Å². The Bertz CT molecular complexity index is 523. The zero-order chi connectivity index (χ0) is 13.0. The largest absolute Gasteiger partial charge is 0.494 e. The summed E-state index contributed by atoms with van der Waals surface area (Å²) in [5.74, 6) is 1.88. The predicted molar refractivity (Wildman–Crippen MR) is 69.1 cm³/mol. The number of carbonyl (C=O) groups excluding carboxylic acids is 1. The number of furan rings is 1. The number of benzene rings is 1. The van der Waals surface area contributed by atoms with Crippen LogP contribution >= 0.6 is 0 Å². The molecule has 0 aliphatic rings. The normalized spacial score (nSPS) is 10.3. The molecule has 0 spiro atoms. The molecular formula is C15H16O3. The summed E-state index contributed by atoms with van der Waals surface area (Å²) < 4.78 is 10.8. The molecule has 0 saturated heterocycles. The molecule has 0 fully saturated rings. The van der Waals surface area contributed by atoms with Crippen LogP contribution in [0.2, 0.25) is 0 Å². The fraction of sp³-hybridized carbons (Fsp3) is 0.267. The second kappa shape index (κ2) is 5.54. The van der Waals surface area contributed by atoms with Gasteiger partial charge >= 0.3 is 0 Å². The van der Waals surface area contributed by atoms with E-state index in [0.717, 1.165) is 17.9 Å². The van der Waals surface area contributed by atoms with E-state index >= 15 is 0 Å². The fourth-order valence-electron chi connectivity index (χ4n) is 1.70. The Morgan fingerprint density at radius 3 is 2.39 bits per heavy atom. The van der Waals surface area contributed by atoms with Gasteiger partial charge in [-0.2, -0.15) is 0 Å². The third-order valence-electron chi connectivity index (χ3n) is 2.66. The van der Waals surface area contributed by atoms with Crippen molar-refractivity contribution in [1.29, 1.82) is 0 Å². The Morgan fingerprint density at radius 2 is 1.83 bits per heavy atom. The van der Waals surface area contributed by atoms with Gasteiger partial charge in [-0.05, 0) is 43.3 Å². The Morgan fingerprint density at radius 1 is 1.11 bits per heavy atom. The quantitative estimate of drug-likeness (QED) is 0.756. The lowest BCUT2D eigenvalue weighted by atomic mass is 10.1. The van der Waals surface area contributed by atoms with E-state index in [1.54, 1.807) is 30.3 Å². The van der Waals surface area contributed by atoms with Gasteiger partial charge in [0, 0.05) is 12.0 Å². The standard InChI is InChI=1S/C15H16O3/c1-3-12-9-10-14(18-12)15(16)11-5-7-13(8-6-11)17-4-2/h5-10H,3-4H2,1-2H3. The van der Waals surface area contributed by atoms with Gasteiger partial charge in [-0.3, -0.25) is 4.79 Å². The van der Waals surface area contributed by atoms with Crippen LogP contribution in [0.25, 0.3) is 0 Å². The lowest BCUT2D eigenvalue weighted by molar-refractivity contribution is 0.101. The predicted octanol–water partition coefficient (Wildman–Crippen LogP) is 3.47. The highest BCUT2D eigenvalue weighted by atomic mass is 16.5. The van der Waals surface area contributed by atoms with Crippen LogP contribution in [0.15, 0.2) is 40.8 Å². The molecule has 2 rings (SSSR count). The van der Waals surface area contributed by atoms with Crippen LogP contribution in [-0.4, -0.2) is 12.4 Å². The Hall–Kier alpha value is -2.03. The van der Waals surface area contributed by atoms with E-state index in [2.05, 4.69) is 0 Å². The number of hydrogen-bond acceptors (Lipinski definition) is 3. The maximum Gasteiger partial charge on any atom is 0.228 e. The number of ether oxygens (including phenoxy) is 1. The SMILES string of the molecule is CCOc1ccc(C(=O)c2ccc(CC)o2)cc1. The molecule has 3 heteroatoms. The second-order valence-electron chi connectivity index (χ2n) is 3.91. The zero-order valence-electron chi connectivity index (χ0n) is 10.6. The summed E-state index contributed by atoms with van der Waals surface area (Å²) in [5.41, 5.74) is 0.607. The summed E-state index contributed by atoms with van der Waals surface area (Å²) in [6.45, 7) is 4.53. The molecule has 1 aromatic heterocycles. The van der Waals surface area contributed by atoms with Gasteiger partial charge < -0.3 is 9.15 Å². The highest BCUT2D eigenvalue weighted by Crippen LogP contribution is 2.17. The molecule has 0 amide bonds. The topological polar surface area (TPSA) is 39.4 Å². The van der Waals surface area contributed by atoms with Gasteiger partial charge in [0.2, 0.25) is 5.78 Å². The molecule has 1 aromatic carbocycles. The van der Waals surface area contributed by atoms with Gasteiger partial charge in [0.1, 0.15) is 11.5 Å². The summed E-state index contributed by atoms with van der Waals surface area (Å²) in [4.78, 5) is 12.1. The van der Waals surface area contributed by atoms with Crippen LogP contribution in [0.5, 0.6) is 5.75 Å². The van der Waals surface area contributed by atoms with Crippen molar-refractivity contribution in [2.75, 3.05) is 6.61 Å². The van der Waals surface area contributed by atoms with Gasteiger partial charge in [0.05, 0.1) is 6.61 Å². The Balaban J connectivity index is 2.17. The zero-order valence-corrected chi connectivity index (χ0v) is 10.6. The smallest absolute Gasteiger partial charge is 0.228 e. The van der Waals surface area contributed by atoms with Gasteiger partial charge in [0.25, 0.3) is 0 Å². The minimum absolute atomic E-state index is 0.0993. The molecule has 0 bridgehead atoms. The average Bonchev–Trinajstić information content (AvgIpc) is 2.88. The molecular weight excluding hydrogens is 228 g/mol. The van der Waals surface area contributed by atoms with E-state index in [-0.39, 0.29) is 5.78 Å². The number of carbonyl (C=O) groups is 1. The van der Waals surface area contributed by atoms with E-state index in [0.29, 0.717) is 17.9 Å². The maximum absolute atomic E-state index is 12.1. The first-order valence-electron chi connectivity index (χ1n) is 6.10. The first-order chi connectivity index (χ1) is 8.74. The van der Waals surface area contributed by atoms with Crippen molar-refractivity contribution in [1.82, 2.24) is 0 Å². The third kappa shape index (κ3) is 2.62. The molecule has 0 atom stereocenters. The van der Waals surface area contributed by atoms with Gasteiger partial charge in [-0.15, -0.1) is 0 Å². The average molecular weight is 244 g/mol. The molecule has 94 valence electrons. The summed E-state index contributed by atoms with van der Waals surface area (Å²) in [5, 5.41) is 0. The highest BCUT2D eigenvalue weighted by Gasteiger charge is 2.13. The van der Waals surface area contributed by atoms with E-state index in [4.69, 9.17) is 9.15 Å². The number of ketones is 1. The molecule has 0 unspecified atom stereocenters. The summed E-state index contributed by atoms with van der Waals surface area (Å²) >= 11 is 0. The maximum atomic E-state index is 12.1. The molecule has 18 heavy (non-hydrogen) atoms. The van der Waals surface area contributed by atoms with E-state index in [9.17, 15) is 4.79 Å². The van der Waals surface area contributed by atoms with Crippen molar-refractivity contribution in [2.24, 2.45) is 0 Å². The minimum Gasteiger partial charge on any atom is -0.494 e. The number of rotatable bonds is 5. The first kappa shape index (κ1) is 12.4. The van der Waals surface area contributed by atoms with Gasteiger partial charge in [0.15, 0.2) is 5.76 Å². The molecule has 1 heterocycles. The fourth-order valence-corrected chi connectivity index (χ4v) is 1.70. The Kier molecular flexibility index (Phi) is 3.82.